The van der Waals surface area contributed by atoms with Crippen molar-refractivity contribution in [3.63, 3.8) is 0 Å². The average molecular weight is 1890 g/mol. The van der Waals surface area contributed by atoms with Crippen molar-refractivity contribution in [1.29, 1.82) is 0 Å². The molecule has 4 unspecified atom stereocenters. The highest BCUT2D eigenvalue weighted by atomic mass is 16.5. The molecule has 36 heteroatoms. The lowest BCUT2D eigenvalue weighted by molar-refractivity contribution is -1.01. The Morgan fingerprint density at radius 2 is 0.238 bits per heavy atom. The molecule has 0 radical (unpaired) electrons. The number of esters is 4. The van der Waals surface area contributed by atoms with Gasteiger partial charge in [0.2, 0.25) is 0 Å². The van der Waals surface area contributed by atoms with Crippen molar-refractivity contribution in [2.45, 2.75) is 102 Å². The minimum atomic E-state index is -0.179. The van der Waals surface area contributed by atoms with Crippen LogP contribution in [0.2, 0.25) is 0 Å². The largest absolute Gasteiger partial charge is 0.465 e. The van der Waals surface area contributed by atoms with Crippen LogP contribution in [-0.2, 0) is 76.5 Å². The minimum Gasteiger partial charge on any atom is -0.465 e. The average Bonchev–Trinajstić information content (AvgIpc) is 1.15. The lowest BCUT2D eigenvalue weighted by atomic mass is 10.2. The highest BCUT2D eigenvalue weighted by molar-refractivity contribution is 5.80. The SMILES string of the molecule is C.C.C.C.C.C.C.C.C.C.C.C.CN(C)C(=O)C[N+]1(C)CCC[N+](C)(CC(=O)N(C)C)CC1.CN(C)C(=O)C[N+]1(C)CCC[N+](C)(CC(=O)N(C)C)CC1.CN(C)C(=O)C[N+]1(C)CC[N+](C)(CC(=O)N(C)C)CC1.CN(C)C(=O)C[N+]1(C)CC[N+](C)(CC(=O)N(C)C)CC1.COC(=O)C[N+]1(C)CC[N+](C)(CC(=O)OC)CC1.COC(=O)C[N+]1(C)CC[N+](C)(CC(=O)OC)CC1. The molecule has 0 aromatic rings. The van der Waals surface area contributed by atoms with Gasteiger partial charge < -0.3 is 112 Å². The Kier molecular flexibility index (Phi) is 73.4. The smallest absolute Gasteiger partial charge is 0.361 e. The van der Waals surface area contributed by atoms with Gasteiger partial charge in [0, 0.05) is 126 Å². The van der Waals surface area contributed by atoms with Gasteiger partial charge in [0.25, 0.3) is 47.3 Å². The second kappa shape index (κ2) is 64.2. The molecule has 0 aromatic carbocycles. The summed E-state index contributed by atoms with van der Waals surface area (Å²) in [6, 6.07) is 0. The van der Waals surface area contributed by atoms with Gasteiger partial charge in [-0.2, -0.15) is 0 Å². The van der Waals surface area contributed by atoms with Gasteiger partial charge in [-0.1, -0.05) is 89.1 Å². The molecule has 0 spiro atoms. The number of ether oxygens (including phenoxy) is 4. The zero-order valence-electron chi connectivity index (χ0n) is 80.3. The van der Waals surface area contributed by atoms with E-state index < -0.39 is 0 Å². The van der Waals surface area contributed by atoms with Crippen LogP contribution in [0, 0.1) is 0 Å². The number of methoxy groups -OCH3 is 4. The summed E-state index contributed by atoms with van der Waals surface area (Å²) in [5.41, 5.74) is 0. The van der Waals surface area contributed by atoms with E-state index >= 15 is 0 Å². The van der Waals surface area contributed by atoms with Crippen molar-refractivity contribution in [2.24, 2.45) is 0 Å². The maximum absolute atomic E-state index is 12.0. The van der Waals surface area contributed by atoms with Crippen molar-refractivity contribution >= 4 is 71.1 Å². The van der Waals surface area contributed by atoms with E-state index in [1.807, 2.05) is 56.4 Å². The molecule has 4 atom stereocenters. The Balaban J connectivity index is -0.000000126. The Morgan fingerprint density at radius 1 is 0.162 bits per heavy atom. The molecular formula is C94H220N20O16+12. The van der Waals surface area contributed by atoms with E-state index in [1.165, 1.54) is 28.4 Å². The second-order valence-corrected chi connectivity index (χ2v) is 40.0. The summed E-state index contributed by atoms with van der Waals surface area (Å²) in [4.78, 5) is 154. The van der Waals surface area contributed by atoms with E-state index in [0.717, 1.165) is 206 Å². The lowest BCUT2D eigenvalue weighted by Crippen LogP contribution is -2.66. The summed E-state index contributed by atoms with van der Waals surface area (Å²) in [7, 11) is 59.9. The Hall–Kier alpha value is -6.84. The molecule has 8 amide bonds. The van der Waals surface area contributed by atoms with Crippen LogP contribution < -0.4 is 0 Å². The van der Waals surface area contributed by atoms with E-state index in [2.05, 4.69) is 84.6 Å². The third-order valence-corrected chi connectivity index (χ3v) is 25.7. The molecule has 0 saturated carbocycles. The predicted molar refractivity (Wildman–Crippen MR) is 537 cm³/mol. The van der Waals surface area contributed by atoms with Crippen LogP contribution >= 0.6 is 0 Å². The normalized spacial score (nSPS) is 27.6. The molecular weight excluding hydrogens is 1670 g/mol. The first-order valence-electron chi connectivity index (χ1n) is 41.8. The fraction of sp³-hybridized carbons (Fsp3) is 0.872. The van der Waals surface area contributed by atoms with Crippen LogP contribution in [0.25, 0.3) is 0 Å². The fourth-order valence-electron chi connectivity index (χ4n) is 15.0. The van der Waals surface area contributed by atoms with Gasteiger partial charge in [0.15, 0.2) is 78.5 Å². The van der Waals surface area contributed by atoms with E-state index in [4.69, 9.17) is 18.9 Å². The summed E-state index contributed by atoms with van der Waals surface area (Å²) in [6.07, 6.45) is 2.10. The summed E-state index contributed by atoms with van der Waals surface area (Å²) < 4.78 is 27.8. The van der Waals surface area contributed by atoms with Gasteiger partial charge in [-0.15, -0.1) is 0 Å². The third kappa shape index (κ3) is 54.5. The summed E-state index contributed by atoms with van der Waals surface area (Å²) in [6.45, 7) is 28.2. The molecule has 6 heterocycles. The molecule has 6 rings (SSSR count). The van der Waals surface area contributed by atoms with E-state index in [1.54, 1.807) is 95.6 Å². The number of carbonyl (C=O) groups excluding carboxylic acids is 12. The van der Waals surface area contributed by atoms with Crippen LogP contribution in [0.5, 0.6) is 0 Å². The van der Waals surface area contributed by atoms with Crippen LogP contribution in [0.15, 0.2) is 0 Å². The van der Waals surface area contributed by atoms with Crippen molar-refractivity contribution < 1.29 is 130 Å². The molecule has 0 bridgehead atoms. The van der Waals surface area contributed by atoms with E-state index in [9.17, 15) is 57.5 Å². The quantitative estimate of drug-likeness (QED) is 0.0763. The molecule has 6 saturated heterocycles. The first kappa shape index (κ1) is 149. The molecule has 130 heavy (non-hydrogen) atoms. The van der Waals surface area contributed by atoms with Gasteiger partial charge in [0.1, 0.15) is 131 Å². The monoisotopic (exact) mass is 1890 g/mol. The number of carbonyl (C=O) groups is 12. The Morgan fingerprint density at radius 3 is 0.315 bits per heavy atom. The zero-order chi connectivity index (χ0) is 91.2. The number of hydrogen-bond acceptors (Lipinski definition) is 16. The van der Waals surface area contributed by atoms with Gasteiger partial charge >= 0.3 is 23.9 Å². The van der Waals surface area contributed by atoms with Crippen LogP contribution in [-0.4, -0.2) is 626 Å². The van der Waals surface area contributed by atoms with Crippen LogP contribution in [0.1, 0.15) is 102 Å². The topological polar surface area (TPSA) is 268 Å². The number of piperazine rings is 4. The van der Waals surface area contributed by atoms with Gasteiger partial charge in [-0.05, 0) is 0 Å². The second-order valence-electron chi connectivity index (χ2n) is 40.0. The maximum Gasteiger partial charge on any atom is 0.361 e. The number of nitrogens with zero attached hydrogens (tertiary/aromatic N) is 20. The van der Waals surface area contributed by atoms with Crippen molar-refractivity contribution in [3.05, 3.63) is 0 Å². The Bertz CT molecular complexity index is 2860. The first-order chi connectivity index (χ1) is 53.9. The highest BCUT2D eigenvalue weighted by Gasteiger charge is 2.46. The van der Waals surface area contributed by atoms with Crippen molar-refractivity contribution in [2.75, 3.05) is 461 Å². The predicted octanol–water partition coefficient (Wildman–Crippen LogP) is 3.17. The van der Waals surface area contributed by atoms with Crippen LogP contribution in [0.3, 0.4) is 0 Å². The van der Waals surface area contributed by atoms with Gasteiger partial charge in [0.05, 0.1) is 139 Å². The lowest BCUT2D eigenvalue weighted by Gasteiger charge is -2.46. The number of hydrogen-bond donors (Lipinski definition) is 0. The zero-order valence-corrected chi connectivity index (χ0v) is 80.3. The van der Waals surface area contributed by atoms with E-state index in [0.29, 0.717) is 96.5 Å². The number of rotatable bonds is 24. The molecule has 36 nitrogen and oxygen atoms in total. The molecule has 780 valence electrons. The first-order valence-corrected chi connectivity index (χ1v) is 41.8. The number of amides is 8. The summed E-state index contributed by atoms with van der Waals surface area (Å²) in [5.74, 6) is 0.694. The Labute approximate surface area is 800 Å². The van der Waals surface area contributed by atoms with Crippen molar-refractivity contribution in [3.8, 4) is 0 Å². The summed E-state index contributed by atoms with van der Waals surface area (Å²) >= 11 is 0. The minimum absolute atomic E-state index is 0. The fourth-order valence-corrected chi connectivity index (χ4v) is 15.0. The standard InChI is InChI=1S/2C15H32N4O2.2C14H30N4O2.2C12H24N2O4.12CH4/c2*1-16(2)14(20)12-18(5)8-7-9-19(6,11-10-18)13-15(21)17(3)4;2*1-15(2)13(19)11-17(5)7-9-18(6,10-8-17)12-14(20)16(3)4;2*1-13(9-11(15)17-3)5-7-14(2,8-6-13)10-12(16)18-4;;;;;;;;;;;;/h2*7-13H2,1-6H3;2*7-12H2,1-6H3;2*5-10H2,1-4H3;12*1H4/q6*+2;;;;;;;;;;;;. The molecule has 6 aliphatic heterocycles. The van der Waals surface area contributed by atoms with Gasteiger partial charge in [-0.3, -0.25) is 38.4 Å². The molecule has 0 aromatic heterocycles. The summed E-state index contributed by atoms with van der Waals surface area (Å²) in [5, 5.41) is 0. The van der Waals surface area contributed by atoms with Crippen molar-refractivity contribution in [1.82, 2.24) is 39.2 Å². The molecule has 6 fully saturated rings. The van der Waals surface area contributed by atoms with Crippen LogP contribution in [0.4, 0.5) is 0 Å². The third-order valence-electron chi connectivity index (χ3n) is 25.7. The number of quaternary nitrogens is 12. The number of likely N-dealkylation sites (N-methyl/N-ethyl adjacent to an activating group) is 20. The molecule has 0 aliphatic carbocycles. The highest BCUT2D eigenvalue weighted by Crippen LogP contribution is 2.23. The van der Waals surface area contributed by atoms with E-state index in [-0.39, 0.29) is 160 Å². The molecule has 0 N–H and O–H groups in total. The maximum atomic E-state index is 12.0. The van der Waals surface area contributed by atoms with Gasteiger partial charge in [-0.25, -0.2) is 19.2 Å². The molecule has 6 aliphatic rings.